The van der Waals surface area contributed by atoms with Crippen molar-refractivity contribution in [3.63, 3.8) is 0 Å². The summed E-state index contributed by atoms with van der Waals surface area (Å²) in [5.41, 5.74) is 6.90. The van der Waals surface area contributed by atoms with Crippen LogP contribution in [0.15, 0.2) is 48.5 Å². The number of aryl methyl sites for hydroxylation is 1. The van der Waals surface area contributed by atoms with Gasteiger partial charge in [0.05, 0.1) is 5.69 Å². The largest absolute Gasteiger partial charge is 0.508 e. The van der Waals surface area contributed by atoms with Gasteiger partial charge in [-0.05, 0) is 42.3 Å². The van der Waals surface area contributed by atoms with Crippen LogP contribution in [0.5, 0.6) is 5.75 Å². The predicted octanol–water partition coefficient (Wildman–Crippen LogP) is 2.84. The van der Waals surface area contributed by atoms with Gasteiger partial charge < -0.3 is 10.1 Å². The quantitative estimate of drug-likeness (QED) is 0.809. The van der Waals surface area contributed by atoms with Crippen LogP contribution in [-0.4, -0.2) is 12.2 Å². The number of nitrogens with one attached hydrogen (secondary N) is 1. The molecule has 0 radical (unpaired) electrons. The van der Waals surface area contributed by atoms with Crippen molar-refractivity contribution in [2.75, 3.05) is 12.1 Å². The number of phenolic OH excluding ortho intramolecular Hbond substituents is 1. The standard InChI is InChI=1S/C15H18N2O/c1-12-5-3-4-6-13(12)11-16-17(2)14-7-9-15(18)10-8-14/h3-10,16,18H,11H2,1-2H3. The summed E-state index contributed by atoms with van der Waals surface area (Å²) in [6, 6.07) is 15.4. The molecule has 94 valence electrons. The number of benzene rings is 2. The molecule has 0 aliphatic carbocycles. The van der Waals surface area contributed by atoms with Gasteiger partial charge in [-0.2, -0.15) is 0 Å². The first-order valence-electron chi connectivity index (χ1n) is 5.97. The molecule has 0 saturated heterocycles. The van der Waals surface area contributed by atoms with Gasteiger partial charge in [-0.3, -0.25) is 0 Å². The van der Waals surface area contributed by atoms with E-state index in [4.69, 9.17) is 0 Å². The third-order valence-corrected chi connectivity index (χ3v) is 3.00. The molecular formula is C15H18N2O. The predicted molar refractivity (Wildman–Crippen MR) is 74.5 cm³/mol. The first kappa shape index (κ1) is 12.5. The average molecular weight is 242 g/mol. The van der Waals surface area contributed by atoms with Crippen molar-refractivity contribution in [2.45, 2.75) is 13.5 Å². The minimum atomic E-state index is 0.283. The zero-order valence-corrected chi connectivity index (χ0v) is 10.7. The monoisotopic (exact) mass is 242 g/mol. The molecule has 0 aliphatic rings. The van der Waals surface area contributed by atoms with E-state index in [1.807, 2.05) is 36.3 Å². The fourth-order valence-corrected chi connectivity index (χ4v) is 1.78. The van der Waals surface area contributed by atoms with Gasteiger partial charge in [-0.1, -0.05) is 24.3 Å². The number of hydrogen-bond acceptors (Lipinski definition) is 3. The van der Waals surface area contributed by atoms with Crippen LogP contribution in [0.2, 0.25) is 0 Å². The lowest BCUT2D eigenvalue weighted by Gasteiger charge is -2.21. The molecule has 0 atom stereocenters. The summed E-state index contributed by atoms with van der Waals surface area (Å²) >= 11 is 0. The molecule has 3 heteroatoms. The summed E-state index contributed by atoms with van der Waals surface area (Å²) < 4.78 is 0. The Morgan fingerprint density at radius 2 is 1.72 bits per heavy atom. The van der Waals surface area contributed by atoms with E-state index in [1.165, 1.54) is 11.1 Å². The maximum Gasteiger partial charge on any atom is 0.115 e. The van der Waals surface area contributed by atoms with Crippen LogP contribution < -0.4 is 10.4 Å². The summed E-state index contributed by atoms with van der Waals surface area (Å²) in [7, 11) is 1.96. The third kappa shape index (κ3) is 3.02. The highest BCUT2D eigenvalue weighted by molar-refractivity contribution is 5.47. The van der Waals surface area contributed by atoms with Crippen LogP contribution in [0.25, 0.3) is 0 Å². The Morgan fingerprint density at radius 3 is 2.39 bits per heavy atom. The summed E-state index contributed by atoms with van der Waals surface area (Å²) in [6.45, 7) is 2.89. The fraction of sp³-hybridized carbons (Fsp3) is 0.200. The lowest BCUT2D eigenvalue weighted by molar-refractivity contribution is 0.475. The Morgan fingerprint density at radius 1 is 1.06 bits per heavy atom. The Hall–Kier alpha value is -2.00. The minimum absolute atomic E-state index is 0.283. The highest BCUT2D eigenvalue weighted by atomic mass is 16.3. The van der Waals surface area contributed by atoms with Gasteiger partial charge in [0.2, 0.25) is 0 Å². The molecule has 0 saturated carbocycles. The fourth-order valence-electron chi connectivity index (χ4n) is 1.78. The van der Waals surface area contributed by atoms with E-state index in [1.54, 1.807) is 12.1 Å². The van der Waals surface area contributed by atoms with Gasteiger partial charge in [0.1, 0.15) is 5.75 Å². The molecule has 0 bridgehead atoms. The minimum Gasteiger partial charge on any atom is -0.508 e. The summed E-state index contributed by atoms with van der Waals surface area (Å²) in [4.78, 5) is 0. The zero-order valence-electron chi connectivity index (χ0n) is 10.7. The third-order valence-electron chi connectivity index (χ3n) is 3.00. The molecule has 2 aromatic carbocycles. The molecule has 18 heavy (non-hydrogen) atoms. The van der Waals surface area contributed by atoms with E-state index in [0.29, 0.717) is 0 Å². The maximum atomic E-state index is 9.24. The van der Waals surface area contributed by atoms with Gasteiger partial charge in [0.25, 0.3) is 0 Å². The van der Waals surface area contributed by atoms with Crippen molar-refractivity contribution >= 4 is 5.69 Å². The second kappa shape index (κ2) is 5.56. The molecule has 0 spiro atoms. The van der Waals surface area contributed by atoms with Crippen LogP contribution in [-0.2, 0) is 6.54 Å². The Balaban J connectivity index is 1.98. The molecule has 2 aromatic rings. The number of nitrogens with zero attached hydrogens (tertiary/aromatic N) is 1. The van der Waals surface area contributed by atoms with Crippen LogP contribution in [0, 0.1) is 6.92 Å². The number of phenols is 1. The van der Waals surface area contributed by atoms with Gasteiger partial charge in [-0.25, -0.2) is 5.43 Å². The van der Waals surface area contributed by atoms with Gasteiger partial charge >= 0.3 is 0 Å². The molecule has 0 heterocycles. The van der Waals surface area contributed by atoms with E-state index in [9.17, 15) is 5.11 Å². The lowest BCUT2D eigenvalue weighted by Crippen LogP contribution is -2.33. The van der Waals surface area contributed by atoms with E-state index < -0.39 is 0 Å². The highest BCUT2D eigenvalue weighted by Gasteiger charge is 2.01. The molecule has 2 N–H and O–H groups in total. The van der Waals surface area contributed by atoms with Crippen LogP contribution in [0.3, 0.4) is 0 Å². The first-order chi connectivity index (χ1) is 8.66. The Kier molecular flexibility index (Phi) is 3.85. The van der Waals surface area contributed by atoms with Crippen molar-refractivity contribution in [2.24, 2.45) is 0 Å². The number of aromatic hydroxyl groups is 1. The normalized spacial score (nSPS) is 10.3. The lowest BCUT2D eigenvalue weighted by atomic mass is 10.1. The van der Waals surface area contributed by atoms with E-state index >= 15 is 0 Å². The van der Waals surface area contributed by atoms with Crippen molar-refractivity contribution in [3.05, 3.63) is 59.7 Å². The van der Waals surface area contributed by atoms with Crippen LogP contribution in [0.1, 0.15) is 11.1 Å². The molecule has 0 fully saturated rings. The Bertz CT molecular complexity index is 508. The average Bonchev–Trinajstić information content (AvgIpc) is 2.38. The number of hydrazine groups is 1. The summed E-state index contributed by atoms with van der Waals surface area (Å²) in [5.74, 6) is 0.283. The van der Waals surface area contributed by atoms with Gasteiger partial charge in [-0.15, -0.1) is 0 Å². The van der Waals surface area contributed by atoms with Crippen molar-refractivity contribution in [1.29, 1.82) is 0 Å². The van der Waals surface area contributed by atoms with Crippen molar-refractivity contribution < 1.29 is 5.11 Å². The number of hydrogen-bond donors (Lipinski definition) is 2. The van der Waals surface area contributed by atoms with E-state index in [-0.39, 0.29) is 5.75 Å². The van der Waals surface area contributed by atoms with Gasteiger partial charge in [0, 0.05) is 13.6 Å². The van der Waals surface area contributed by atoms with Crippen LogP contribution >= 0.6 is 0 Å². The molecule has 0 aliphatic heterocycles. The maximum absolute atomic E-state index is 9.24. The molecule has 3 nitrogen and oxygen atoms in total. The summed E-state index contributed by atoms with van der Waals surface area (Å²) in [5, 5.41) is 11.2. The zero-order chi connectivity index (χ0) is 13.0. The van der Waals surface area contributed by atoms with Crippen LogP contribution in [0.4, 0.5) is 5.69 Å². The Labute approximate surface area is 108 Å². The van der Waals surface area contributed by atoms with Gasteiger partial charge in [0.15, 0.2) is 0 Å². The number of anilines is 1. The second-order valence-electron chi connectivity index (χ2n) is 4.34. The van der Waals surface area contributed by atoms with Crippen molar-refractivity contribution in [3.8, 4) is 5.75 Å². The molecule has 0 aromatic heterocycles. The number of rotatable bonds is 4. The van der Waals surface area contributed by atoms with Crippen molar-refractivity contribution in [1.82, 2.24) is 5.43 Å². The van der Waals surface area contributed by atoms with E-state index in [0.717, 1.165) is 12.2 Å². The molecular weight excluding hydrogens is 224 g/mol. The molecule has 0 unspecified atom stereocenters. The molecule has 0 amide bonds. The highest BCUT2D eigenvalue weighted by Crippen LogP contribution is 2.16. The van der Waals surface area contributed by atoms with E-state index in [2.05, 4.69) is 24.5 Å². The summed E-state index contributed by atoms with van der Waals surface area (Å²) in [6.07, 6.45) is 0. The molecule has 2 rings (SSSR count). The smallest absolute Gasteiger partial charge is 0.115 e. The second-order valence-corrected chi connectivity index (χ2v) is 4.34. The SMILES string of the molecule is Cc1ccccc1CNN(C)c1ccc(O)cc1. The topological polar surface area (TPSA) is 35.5 Å². The first-order valence-corrected chi connectivity index (χ1v) is 5.97.